The van der Waals surface area contributed by atoms with E-state index >= 15 is 0 Å². The zero-order chi connectivity index (χ0) is 75.8. The van der Waals surface area contributed by atoms with Gasteiger partial charge in [-0.2, -0.15) is 15.0 Å². The summed E-state index contributed by atoms with van der Waals surface area (Å²) in [7, 11) is 0. The van der Waals surface area contributed by atoms with E-state index in [1.165, 1.54) is 276 Å². The molecule has 0 unspecified atom stereocenters. The van der Waals surface area contributed by atoms with Crippen LogP contribution >= 0.6 is 0 Å². The Morgan fingerprint density at radius 1 is 0.336 bits per heavy atom. The molecule has 2 N–H and O–H groups in total. The minimum Gasteiger partial charge on any atom is -0.490 e. The van der Waals surface area contributed by atoms with E-state index in [9.17, 15) is 4.79 Å². The Labute approximate surface area is 655 Å². The SMILES string of the molecule is CCCCCCCCCCCCNc1nc(Nc2ccc(/C=C/c3ccc(/C=C/c4ccc(OC(=O)c5cc(OCCCCCCCCCCCC)c(OCCCCCCCCCCCC)c(OCCCCCCCCCCCC)c5)cc4)cc3)cc2)nc(N(CCCCCCCC)CCCCCCCC)n1. The molecule has 11 heteroatoms. The van der Waals surface area contributed by atoms with Gasteiger partial charge < -0.3 is 34.5 Å². The fraction of sp³-hybridized carbons (Fsp3) is 0.667. The molecule has 0 radical (unpaired) electrons. The molecule has 0 atom stereocenters. The van der Waals surface area contributed by atoms with Gasteiger partial charge in [0, 0.05) is 25.3 Å². The highest BCUT2D eigenvalue weighted by Crippen LogP contribution is 2.40. The van der Waals surface area contributed by atoms with Crippen molar-refractivity contribution in [2.45, 2.75) is 375 Å². The predicted octanol–water partition coefficient (Wildman–Crippen LogP) is 29.9. The number of rotatable bonds is 71. The number of hydrogen-bond acceptors (Lipinski definition) is 11. The summed E-state index contributed by atoms with van der Waals surface area (Å²) >= 11 is 0. The van der Waals surface area contributed by atoms with Crippen LogP contribution in [-0.4, -0.2) is 60.4 Å². The summed E-state index contributed by atoms with van der Waals surface area (Å²) in [4.78, 5) is 31.8. The Morgan fingerprint density at radius 3 is 1.00 bits per heavy atom. The standard InChI is InChI=1S/C96H154N6O5/c1-7-13-19-25-31-35-39-43-47-53-75-97-94-99-95(101-96(100-94)102(76-54-48-29-23-17-11-5)77-55-49-30-24-18-12-6)98-88-71-67-85(68-72-88)65-63-83-59-61-84(62-60-83)64-66-86-69-73-89(74-70-86)107-93(103)87-81-90(104-78-56-50-44-40-36-32-26-20-14-8-2)92(106-80-58-52-46-42-38-34-28-22-16-10-4)91(82-87)105-79-57-51-45-41-37-33-27-21-15-9-3/h59-74,81-82H,7-58,75-80H2,1-6H3,(H2,97,98,99,100,101)/b65-63+,66-64+. The van der Waals surface area contributed by atoms with Crippen LogP contribution in [0.3, 0.4) is 0 Å². The van der Waals surface area contributed by atoms with Crippen molar-refractivity contribution in [3.8, 4) is 23.0 Å². The number of esters is 1. The molecule has 5 rings (SSSR count). The van der Waals surface area contributed by atoms with E-state index in [4.69, 9.17) is 33.9 Å². The normalized spacial score (nSPS) is 11.5. The van der Waals surface area contributed by atoms with Gasteiger partial charge >= 0.3 is 5.97 Å². The van der Waals surface area contributed by atoms with E-state index in [1.54, 1.807) is 0 Å². The molecule has 0 aliphatic heterocycles. The van der Waals surface area contributed by atoms with Gasteiger partial charge in [0.2, 0.25) is 23.6 Å². The number of ether oxygens (including phenoxy) is 4. The average molecular weight is 1470 g/mol. The van der Waals surface area contributed by atoms with E-state index in [0.29, 0.717) is 60.3 Å². The summed E-state index contributed by atoms with van der Waals surface area (Å²) in [5.74, 6) is 3.75. The number of unbranched alkanes of at least 4 members (excludes halogenated alkanes) is 46. The number of aromatic nitrogens is 3. The molecule has 0 bridgehead atoms. The van der Waals surface area contributed by atoms with Crippen LogP contribution in [0, 0.1) is 0 Å². The van der Waals surface area contributed by atoms with E-state index in [2.05, 4.69) is 130 Å². The smallest absolute Gasteiger partial charge is 0.343 e. The lowest BCUT2D eigenvalue weighted by Gasteiger charge is -2.24. The lowest BCUT2D eigenvalue weighted by atomic mass is 10.1. The summed E-state index contributed by atoms with van der Waals surface area (Å²) in [5, 5.41) is 7.19. The predicted molar refractivity (Wildman–Crippen MR) is 463 cm³/mol. The third kappa shape index (κ3) is 44.8. The topological polar surface area (TPSA) is 120 Å². The van der Waals surface area contributed by atoms with Gasteiger partial charge in [0.1, 0.15) is 5.75 Å². The van der Waals surface area contributed by atoms with Gasteiger partial charge in [-0.3, -0.25) is 0 Å². The number of hydrogen-bond donors (Lipinski definition) is 2. The van der Waals surface area contributed by atoms with Crippen LogP contribution < -0.4 is 34.5 Å². The summed E-state index contributed by atoms with van der Waals surface area (Å²) in [6, 6.07) is 28.4. The molecule has 0 aliphatic carbocycles. The highest BCUT2D eigenvalue weighted by Gasteiger charge is 2.22. The number of nitrogens with zero attached hydrogens (tertiary/aromatic N) is 4. The molecule has 0 saturated carbocycles. The first-order chi connectivity index (χ1) is 52.9. The first kappa shape index (κ1) is 91.3. The fourth-order valence-corrected chi connectivity index (χ4v) is 14.0. The third-order valence-corrected chi connectivity index (χ3v) is 20.9. The van der Waals surface area contributed by atoms with E-state index in [0.717, 1.165) is 111 Å². The van der Waals surface area contributed by atoms with Crippen molar-refractivity contribution in [1.29, 1.82) is 0 Å². The Bertz CT molecular complexity index is 2920. The maximum Gasteiger partial charge on any atom is 0.343 e. The van der Waals surface area contributed by atoms with Crippen LogP contribution in [0.15, 0.2) is 84.9 Å². The molecule has 1 heterocycles. The highest BCUT2D eigenvalue weighted by molar-refractivity contribution is 5.93. The van der Waals surface area contributed by atoms with Gasteiger partial charge in [0.25, 0.3) is 0 Å². The number of anilines is 4. The van der Waals surface area contributed by atoms with Gasteiger partial charge in [-0.1, -0.05) is 410 Å². The van der Waals surface area contributed by atoms with Crippen molar-refractivity contribution in [1.82, 2.24) is 15.0 Å². The number of carbonyl (C=O) groups excluding carboxylic acids is 1. The first-order valence-electron chi connectivity index (χ1n) is 44.8. The molecule has 11 nitrogen and oxygen atoms in total. The van der Waals surface area contributed by atoms with Crippen LogP contribution in [0.25, 0.3) is 24.3 Å². The van der Waals surface area contributed by atoms with Gasteiger partial charge in [-0.05, 0) is 97.2 Å². The molecule has 0 spiro atoms. The van der Waals surface area contributed by atoms with Crippen LogP contribution in [-0.2, 0) is 0 Å². The van der Waals surface area contributed by atoms with Crippen molar-refractivity contribution >= 4 is 53.8 Å². The van der Waals surface area contributed by atoms with E-state index < -0.39 is 5.97 Å². The molecular formula is C96H154N6O5. The highest BCUT2D eigenvalue weighted by atomic mass is 16.5. The molecule has 0 amide bonds. The summed E-state index contributed by atoms with van der Waals surface area (Å²) in [6.45, 7) is 18.2. The zero-order valence-corrected chi connectivity index (χ0v) is 69.2. The number of benzene rings is 4. The third-order valence-electron chi connectivity index (χ3n) is 20.9. The fourth-order valence-electron chi connectivity index (χ4n) is 14.0. The number of nitrogens with one attached hydrogen (secondary N) is 2. The first-order valence-corrected chi connectivity index (χ1v) is 44.8. The monoisotopic (exact) mass is 1470 g/mol. The summed E-state index contributed by atoms with van der Waals surface area (Å²) < 4.78 is 26.0. The average Bonchev–Trinajstić information content (AvgIpc) is 0.812. The lowest BCUT2D eigenvalue weighted by Crippen LogP contribution is -2.28. The van der Waals surface area contributed by atoms with Crippen molar-refractivity contribution in [2.75, 3.05) is 55.0 Å². The summed E-state index contributed by atoms with van der Waals surface area (Å²) in [5.41, 5.74) is 5.64. The van der Waals surface area contributed by atoms with Gasteiger partial charge in [0.15, 0.2) is 11.5 Å². The van der Waals surface area contributed by atoms with E-state index in [-0.39, 0.29) is 0 Å². The largest absolute Gasteiger partial charge is 0.490 e. The molecule has 0 aliphatic rings. The second-order valence-electron chi connectivity index (χ2n) is 30.8. The van der Waals surface area contributed by atoms with Gasteiger partial charge in [-0.25, -0.2) is 4.79 Å². The molecule has 4 aromatic carbocycles. The Balaban J connectivity index is 1.21. The van der Waals surface area contributed by atoms with Crippen molar-refractivity contribution in [3.05, 3.63) is 113 Å². The van der Waals surface area contributed by atoms with Crippen molar-refractivity contribution in [2.24, 2.45) is 0 Å². The molecule has 1 aromatic heterocycles. The molecule has 5 aromatic rings. The molecular weight excluding hydrogens is 1320 g/mol. The second-order valence-corrected chi connectivity index (χ2v) is 30.8. The minimum atomic E-state index is -0.453. The van der Waals surface area contributed by atoms with Crippen molar-refractivity contribution in [3.63, 3.8) is 0 Å². The van der Waals surface area contributed by atoms with Crippen molar-refractivity contribution < 1.29 is 23.7 Å². The molecule has 107 heavy (non-hydrogen) atoms. The Morgan fingerprint density at radius 2 is 0.636 bits per heavy atom. The Hall–Kier alpha value is -6.36. The van der Waals surface area contributed by atoms with Crippen LogP contribution in [0.5, 0.6) is 23.0 Å². The molecule has 598 valence electrons. The molecule has 0 fully saturated rings. The molecule has 0 saturated heterocycles. The maximum absolute atomic E-state index is 14.2. The Kier molecular flexibility index (Phi) is 54.1. The minimum absolute atomic E-state index is 0.390. The van der Waals surface area contributed by atoms with Crippen LogP contribution in [0.1, 0.15) is 408 Å². The van der Waals surface area contributed by atoms with Crippen LogP contribution in [0.4, 0.5) is 23.5 Å². The van der Waals surface area contributed by atoms with E-state index in [1.807, 2.05) is 36.4 Å². The zero-order valence-electron chi connectivity index (χ0n) is 69.2. The summed E-state index contributed by atoms with van der Waals surface area (Å²) in [6.07, 6.45) is 74.3. The van der Waals surface area contributed by atoms with Gasteiger partial charge in [0.05, 0.1) is 25.4 Å². The second kappa shape index (κ2) is 63.4. The maximum atomic E-state index is 14.2. The quantitative estimate of drug-likeness (QED) is 0.0168. The number of carbonyl (C=O) groups is 1. The lowest BCUT2D eigenvalue weighted by molar-refractivity contribution is 0.0733. The van der Waals surface area contributed by atoms with Crippen LogP contribution in [0.2, 0.25) is 0 Å². The van der Waals surface area contributed by atoms with Gasteiger partial charge in [-0.15, -0.1) is 0 Å².